The number of rotatable bonds is 4. The van der Waals surface area contributed by atoms with E-state index in [0.29, 0.717) is 11.4 Å². The van der Waals surface area contributed by atoms with Crippen LogP contribution in [-0.2, 0) is 6.54 Å². The second-order valence-electron chi connectivity index (χ2n) is 4.85. The van der Waals surface area contributed by atoms with Crippen molar-refractivity contribution >= 4 is 11.7 Å². The number of anilines is 1. The number of carbonyl (C=O) groups is 1. The Kier molecular flexibility index (Phi) is 4.37. The molecule has 0 bridgehead atoms. The van der Waals surface area contributed by atoms with Gasteiger partial charge in [0.25, 0.3) is 5.91 Å². The molecule has 3 N–H and O–H groups in total. The van der Waals surface area contributed by atoms with Crippen molar-refractivity contribution in [3.63, 3.8) is 0 Å². The molecule has 3 aromatic rings. The maximum atomic E-state index is 13.3. The third-order valence-corrected chi connectivity index (χ3v) is 3.17. The molecule has 0 saturated heterocycles. The minimum Gasteiger partial charge on any atom is -0.383 e. The van der Waals surface area contributed by atoms with E-state index in [1.165, 1.54) is 18.3 Å². The fourth-order valence-corrected chi connectivity index (χ4v) is 2.01. The van der Waals surface area contributed by atoms with Gasteiger partial charge in [0.05, 0.1) is 12.1 Å². The van der Waals surface area contributed by atoms with Gasteiger partial charge in [-0.2, -0.15) is 0 Å². The molecule has 7 nitrogen and oxygen atoms in total. The van der Waals surface area contributed by atoms with Crippen molar-refractivity contribution in [2.45, 2.75) is 6.54 Å². The molecule has 2 heterocycles. The van der Waals surface area contributed by atoms with Gasteiger partial charge in [-0.1, -0.05) is 12.1 Å². The molecule has 120 valence electrons. The second-order valence-corrected chi connectivity index (χ2v) is 4.85. The van der Waals surface area contributed by atoms with E-state index in [9.17, 15) is 9.18 Å². The number of nitrogen functional groups attached to an aromatic ring is 1. The molecule has 0 fully saturated rings. The summed E-state index contributed by atoms with van der Waals surface area (Å²) < 4.78 is 13.3. The summed E-state index contributed by atoms with van der Waals surface area (Å²) in [7, 11) is 0. The standard InChI is InChI=1S/C16H13FN6O/c17-11-4-1-3-10(7-11)15-21-8-12(14(18)23-15)16(24)22-9-13-19-5-2-6-20-13/h1-8H,9H2,(H,22,24)(H2,18,21,23). The van der Waals surface area contributed by atoms with Gasteiger partial charge in [0.2, 0.25) is 0 Å². The summed E-state index contributed by atoms with van der Waals surface area (Å²) in [5.41, 5.74) is 6.44. The van der Waals surface area contributed by atoms with Crippen LogP contribution in [0.25, 0.3) is 11.4 Å². The van der Waals surface area contributed by atoms with Crippen LogP contribution in [-0.4, -0.2) is 25.8 Å². The maximum Gasteiger partial charge on any atom is 0.256 e. The summed E-state index contributed by atoms with van der Waals surface area (Å²) >= 11 is 0. The van der Waals surface area contributed by atoms with Crippen LogP contribution in [0.15, 0.2) is 48.9 Å². The number of halogens is 1. The maximum absolute atomic E-state index is 13.3. The van der Waals surface area contributed by atoms with E-state index in [2.05, 4.69) is 25.3 Å². The highest BCUT2D eigenvalue weighted by molar-refractivity contribution is 5.98. The van der Waals surface area contributed by atoms with Gasteiger partial charge in [0.15, 0.2) is 5.82 Å². The summed E-state index contributed by atoms with van der Waals surface area (Å²) in [6.45, 7) is 0.158. The average Bonchev–Trinajstić information content (AvgIpc) is 2.60. The molecule has 24 heavy (non-hydrogen) atoms. The number of carbonyl (C=O) groups excluding carboxylic acids is 1. The van der Waals surface area contributed by atoms with Gasteiger partial charge in [0.1, 0.15) is 17.5 Å². The molecule has 0 aliphatic heterocycles. The van der Waals surface area contributed by atoms with Crippen LogP contribution in [0.5, 0.6) is 0 Å². The number of hydrogen-bond acceptors (Lipinski definition) is 6. The van der Waals surface area contributed by atoms with Gasteiger partial charge in [-0.05, 0) is 18.2 Å². The van der Waals surface area contributed by atoms with Gasteiger partial charge in [0, 0.05) is 24.2 Å². The number of amides is 1. The Morgan fingerprint density at radius 2 is 1.96 bits per heavy atom. The molecular weight excluding hydrogens is 311 g/mol. The Bertz CT molecular complexity index is 871. The molecule has 2 aromatic heterocycles. The van der Waals surface area contributed by atoms with Gasteiger partial charge >= 0.3 is 0 Å². The van der Waals surface area contributed by atoms with Crippen molar-refractivity contribution in [3.05, 3.63) is 66.1 Å². The highest BCUT2D eigenvalue weighted by Gasteiger charge is 2.14. The van der Waals surface area contributed by atoms with Crippen molar-refractivity contribution in [1.29, 1.82) is 0 Å². The number of nitrogens with zero attached hydrogens (tertiary/aromatic N) is 4. The van der Waals surface area contributed by atoms with Crippen molar-refractivity contribution < 1.29 is 9.18 Å². The van der Waals surface area contributed by atoms with Crippen LogP contribution in [0, 0.1) is 5.82 Å². The summed E-state index contributed by atoms with van der Waals surface area (Å²) in [5, 5.41) is 2.64. The lowest BCUT2D eigenvalue weighted by Gasteiger charge is -2.07. The Morgan fingerprint density at radius 1 is 1.17 bits per heavy atom. The minimum absolute atomic E-state index is 0.00995. The molecule has 1 amide bonds. The van der Waals surface area contributed by atoms with Crippen molar-refractivity contribution in [2.24, 2.45) is 0 Å². The monoisotopic (exact) mass is 324 g/mol. The third-order valence-electron chi connectivity index (χ3n) is 3.17. The topological polar surface area (TPSA) is 107 Å². The van der Waals surface area contributed by atoms with E-state index in [1.807, 2.05) is 0 Å². The molecule has 8 heteroatoms. The third kappa shape index (κ3) is 3.49. The molecule has 0 aliphatic carbocycles. The molecule has 0 radical (unpaired) electrons. The minimum atomic E-state index is -0.439. The Balaban J connectivity index is 1.76. The largest absolute Gasteiger partial charge is 0.383 e. The van der Waals surface area contributed by atoms with Crippen molar-refractivity contribution in [2.75, 3.05) is 5.73 Å². The summed E-state index contributed by atoms with van der Waals surface area (Å²) in [6, 6.07) is 7.50. The SMILES string of the molecule is Nc1nc(-c2cccc(F)c2)ncc1C(=O)NCc1ncccn1. The lowest BCUT2D eigenvalue weighted by molar-refractivity contribution is 0.0950. The Morgan fingerprint density at radius 3 is 2.67 bits per heavy atom. The zero-order chi connectivity index (χ0) is 16.9. The molecule has 3 rings (SSSR count). The van der Waals surface area contributed by atoms with Crippen LogP contribution in [0.1, 0.15) is 16.2 Å². The first-order chi connectivity index (χ1) is 11.6. The molecule has 0 aliphatic rings. The van der Waals surface area contributed by atoms with E-state index in [4.69, 9.17) is 5.73 Å². The van der Waals surface area contributed by atoms with E-state index in [-0.39, 0.29) is 23.8 Å². The van der Waals surface area contributed by atoms with Gasteiger partial charge in [-0.15, -0.1) is 0 Å². The van der Waals surface area contributed by atoms with Crippen molar-refractivity contribution in [1.82, 2.24) is 25.3 Å². The van der Waals surface area contributed by atoms with E-state index in [1.54, 1.807) is 30.6 Å². The summed E-state index contributed by atoms with van der Waals surface area (Å²) in [5.74, 6) is -0.113. The van der Waals surface area contributed by atoms with Crippen LogP contribution >= 0.6 is 0 Å². The predicted octanol–water partition coefficient (Wildman–Crippen LogP) is 1.58. The van der Waals surface area contributed by atoms with Crippen LogP contribution in [0.4, 0.5) is 10.2 Å². The first kappa shape index (κ1) is 15.5. The van der Waals surface area contributed by atoms with Crippen LogP contribution < -0.4 is 11.1 Å². The first-order valence-electron chi connectivity index (χ1n) is 7.06. The Labute approximate surface area is 136 Å². The number of nitrogens with one attached hydrogen (secondary N) is 1. The highest BCUT2D eigenvalue weighted by atomic mass is 19.1. The van der Waals surface area contributed by atoms with Gasteiger partial charge in [-0.25, -0.2) is 24.3 Å². The number of hydrogen-bond donors (Lipinski definition) is 2. The highest BCUT2D eigenvalue weighted by Crippen LogP contribution is 2.18. The number of nitrogens with two attached hydrogens (primary N) is 1. The molecule has 1 aromatic carbocycles. The van der Waals surface area contributed by atoms with E-state index in [0.717, 1.165) is 0 Å². The fourth-order valence-electron chi connectivity index (χ4n) is 2.01. The van der Waals surface area contributed by atoms with E-state index < -0.39 is 11.7 Å². The number of benzene rings is 1. The lowest BCUT2D eigenvalue weighted by atomic mass is 10.2. The summed E-state index contributed by atoms with van der Waals surface area (Å²) in [6.07, 6.45) is 4.48. The molecular formula is C16H13FN6O. The van der Waals surface area contributed by atoms with Crippen LogP contribution in [0.2, 0.25) is 0 Å². The predicted molar refractivity (Wildman–Crippen MR) is 85.0 cm³/mol. The Hall–Kier alpha value is -3.42. The molecule has 0 atom stereocenters. The second kappa shape index (κ2) is 6.78. The van der Waals surface area contributed by atoms with Gasteiger partial charge in [-0.3, -0.25) is 4.79 Å². The molecule has 0 saturated carbocycles. The fraction of sp³-hybridized carbons (Fsp3) is 0.0625. The quantitative estimate of drug-likeness (QED) is 0.754. The van der Waals surface area contributed by atoms with E-state index >= 15 is 0 Å². The smallest absolute Gasteiger partial charge is 0.256 e. The lowest BCUT2D eigenvalue weighted by Crippen LogP contribution is -2.25. The number of aromatic nitrogens is 4. The van der Waals surface area contributed by atoms with Crippen LogP contribution in [0.3, 0.4) is 0 Å². The average molecular weight is 324 g/mol. The van der Waals surface area contributed by atoms with Gasteiger partial charge < -0.3 is 11.1 Å². The molecule has 0 spiro atoms. The molecule has 0 unspecified atom stereocenters. The zero-order valence-corrected chi connectivity index (χ0v) is 12.5. The first-order valence-corrected chi connectivity index (χ1v) is 7.06. The normalized spacial score (nSPS) is 10.4. The van der Waals surface area contributed by atoms with Crippen molar-refractivity contribution in [3.8, 4) is 11.4 Å². The zero-order valence-electron chi connectivity index (χ0n) is 12.5. The summed E-state index contributed by atoms with van der Waals surface area (Å²) in [4.78, 5) is 28.3.